The zero-order valence-electron chi connectivity index (χ0n) is 21.1. The predicted octanol–water partition coefficient (Wildman–Crippen LogP) is -8.60. The van der Waals surface area contributed by atoms with Crippen LogP contribution in [0.1, 0.15) is 0 Å². The molecule has 0 aromatic carbocycles. The Balaban J connectivity index is 1.68. The Labute approximate surface area is 235 Å². The van der Waals surface area contributed by atoms with Gasteiger partial charge in [-0.15, -0.1) is 0 Å². The molecule has 17 atom stereocenters. The summed E-state index contributed by atoms with van der Waals surface area (Å²) in [7, 11) is -11.5. The summed E-state index contributed by atoms with van der Waals surface area (Å²) in [5.41, 5.74) is 0. The smallest absolute Gasteiger partial charge is 0.270 e. The SMILES string of the molecule is O=P([O-])(O[C@H]1O[C@H](CO)[C@@H](O)[C@H](O)[C@H]1O)O[C@H]1[C@H](O)[C@@H](O)[C@@H](OP(=O)([O-])O[C@H]2[C@H](O)[C@@H](O)C(O)O[C@@H]2CO)O[C@@H]1CO. The number of hydrogen-bond donors (Lipinski definition) is 11. The summed E-state index contributed by atoms with van der Waals surface area (Å²) in [5.74, 6) is 0. The minimum Gasteiger partial charge on any atom is -0.756 e. The zero-order valence-corrected chi connectivity index (χ0v) is 22.9. The average molecular weight is 662 g/mol. The quantitative estimate of drug-likeness (QED) is 0.0915. The van der Waals surface area contributed by atoms with E-state index in [2.05, 4.69) is 18.1 Å². The van der Waals surface area contributed by atoms with Crippen LogP contribution in [0.3, 0.4) is 0 Å². The minimum absolute atomic E-state index is 0.937. The molecule has 0 aliphatic carbocycles. The molecule has 3 aliphatic rings. The number of aliphatic hydroxyl groups is 11. The van der Waals surface area contributed by atoms with Crippen LogP contribution in [0.5, 0.6) is 0 Å². The normalized spacial score (nSPS) is 47.9. The average Bonchev–Trinajstić information content (AvgIpc) is 2.92. The van der Waals surface area contributed by atoms with Crippen LogP contribution < -0.4 is 9.79 Å². The second-order valence-corrected chi connectivity index (χ2v) is 12.0. The molecule has 0 aromatic heterocycles. The molecule has 42 heavy (non-hydrogen) atoms. The largest absolute Gasteiger partial charge is 0.756 e. The van der Waals surface area contributed by atoms with Gasteiger partial charge in [0.2, 0.25) is 0 Å². The Morgan fingerprint density at radius 3 is 1.33 bits per heavy atom. The molecular formula is C18H32O22P2-2. The summed E-state index contributed by atoms with van der Waals surface area (Å²) in [6, 6.07) is 0. The van der Waals surface area contributed by atoms with E-state index in [9.17, 15) is 75.1 Å². The van der Waals surface area contributed by atoms with Gasteiger partial charge in [-0.3, -0.25) is 18.2 Å². The number of hydrogen-bond acceptors (Lipinski definition) is 22. The predicted molar refractivity (Wildman–Crippen MR) is 119 cm³/mol. The van der Waals surface area contributed by atoms with Gasteiger partial charge >= 0.3 is 0 Å². The monoisotopic (exact) mass is 662 g/mol. The third-order valence-corrected chi connectivity index (χ3v) is 8.41. The lowest BCUT2D eigenvalue weighted by molar-refractivity contribution is -0.329. The molecule has 0 saturated carbocycles. The van der Waals surface area contributed by atoms with Crippen LogP contribution in [-0.4, -0.2) is 168 Å². The first-order valence-corrected chi connectivity index (χ1v) is 15.0. The molecule has 22 nitrogen and oxygen atoms in total. The van der Waals surface area contributed by atoms with Crippen molar-refractivity contribution in [1.29, 1.82) is 0 Å². The third-order valence-electron chi connectivity index (χ3n) is 6.48. The number of rotatable bonds is 11. The van der Waals surface area contributed by atoms with Gasteiger partial charge in [-0.1, -0.05) is 0 Å². The highest BCUT2D eigenvalue weighted by molar-refractivity contribution is 7.46. The second-order valence-electron chi connectivity index (χ2n) is 9.38. The molecule has 0 spiro atoms. The fraction of sp³-hybridized carbons (Fsp3) is 1.00. The Kier molecular flexibility index (Phi) is 12.4. The Morgan fingerprint density at radius 2 is 0.881 bits per heavy atom. The highest BCUT2D eigenvalue weighted by Gasteiger charge is 2.51. The van der Waals surface area contributed by atoms with E-state index in [-0.39, 0.29) is 0 Å². The summed E-state index contributed by atoms with van der Waals surface area (Å²) >= 11 is 0. The lowest BCUT2D eigenvalue weighted by Crippen LogP contribution is -2.61. The van der Waals surface area contributed by atoms with Gasteiger partial charge in [0.1, 0.15) is 73.2 Å². The van der Waals surface area contributed by atoms with E-state index in [1.165, 1.54) is 0 Å². The van der Waals surface area contributed by atoms with E-state index < -0.39 is 128 Å². The first kappa shape index (κ1) is 36.1. The van der Waals surface area contributed by atoms with Gasteiger partial charge < -0.3 is 89.2 Å². The van der Waals surface area contributed by atoms with Crippen LogP contribution in [0.25, 0.3) is 0 Å². The summed E-state index contributed by atoms with van der Waals surface area (Å²) in [5, 5.41) is 108. The van der Waals surface area contributed by atoms with E-state index in [1.807, 2.05) is 0 Å². The van der Waals surface area contributed by atoms with Crippen LogP contribution in [0.4, 0.5) is 0 Å². The standard InChI is InChI=1S/C18H34O22P2/c19-1-4-7(22)8(23)12(27)17(35-4)39-42(32,33)38-15-6(3-21)36-18(13(28)10(15)25)40-41(30,31)37-14-5(2-20)34-16(29)11(26)9(14)24/h4-29H,1-3H2,(H,30,31)(H,32,33)/p-2/t4-,5-,6-,7-,8+,9-,10-,11-,12-,13-,14-,15-,16?,17-,18-/m1/s1. The molecule has 3 saturated heterocycles. The van der Waals surface area contributed by atoms with Gasteiger partial charge in [-0.2, -0.15) is 0 Å². The van der Waals surface area contributed by atoms with Gasteiger partial charge in [0.05, 0.1) is 19.8 Å². The Morgan fingerprint density at radius 1 is 0.500 bits per heavy atom. The Hall–Kier alpha value is -0.340. The molecule has 0 amide bonds. The summed E-state index contributed by atoms with van der Waals surface area (Å²) in [6.45, 7) is -3.16. The zero-order chi connectivity index (χ0) is 31.7. The van der Waals surface area contributed by atoms with Crippen molar-refractivity contribution < 1.29 is 107 Å². The van der Waals surface area contributed by atoms with Crippen molar-refractivity contribution in [3.05, 3.63) is 0 Å². The molecule has 3 rings (SSSR count). The molecule has 3 aliphatic heterocycles. The number of aliphatic hydroxyl groups excluding tert-OH is 11. The van der Waals surface area contributed by atoms with Crippen LogP contribution in [0.2, 0.25) is 0 Å². The first-order chi connectivity index (χ1) is 19.5. The molecule has 11 N–H and O–H groups in total. The lowest BCUT2D eigenvalue weighted by Gasteiger charge is -2.46. The maximum absolute atomic E-state index is 12.5. The van der Waals surface area contributed by atoms with Gasteiger partial charge in [-0.05, 0) is 0 Å². The maximum atomic E-state index is 12.5. The maximum Gasteiger partial charge on any atom is 0.270 e. The number of ether oxygens (including phenoxy) is 3. The second kappa shape index (κ2) is 14.4. The number of phosphoric ester groups is 2. The van der Waals surface area contributed by atoms with Crippen molar-refractivity contribution in [1.82, 2.24) is 0 Å². The molecule has 248 valence electrons. The van der Waals surface area contributed by atoms with Crippen molar-refractivity contribution in [3.8, 4) is 0 Å². The first-order valence-electron chi connectivity index (χ1n) is 12.1. The summed E-state index contributed by atoms with van der Waals surface area (Å²) < 4.78 is 57.9. The van der Waals surface area contributed by atoms with Crippen LogP contribution in [0, 0.1) is 0 Å². The van der Waals surface area contributed by atoms with E-state index in [0.717, 1.165) is 0 Å². The van der Waals surface area contributed by atoms with Crippen molar-refractivity contribution in [2.75, 3.05) is 19.8 Å². The van der Waals surface area contributed by atoms with E-state index >= 15 is 0 Å². The highest BCUT2D eigenvalue weighted by atomic mass is 31.2. The van der Waals surface area contributed by atoms with Gasteiger partial charge in [0, 0.05) is 0 Å². The Bertz CT molecular complexity index is 968. The molecule has 3 unspecified atom stereocenters. The minimum atomic E-state index is -5.74. The summed E-state index contributed by atoms with van der Waals surface area (Å²) in [6.07, 6.45) is -31.4. The molecule has 3 fully saturated rings. The lowest BCUT2D eigenvalue weighted by atomic mass is 9.99. The fourth-order valence-electron chi connectivity index (χ4n) is 4.22. The molecule has 3 heterocycles. The topological polar surface area (TPSA) is 367 Å². The molecular weight excluding hydrogens is 630 g/mol. The van der Waals surface area contributed by atoms with Crippen molar-refractivity contribution in [2.24, 2.45) is 0 Å². The van der Waals surface area contributed by atoms with Crippen LogP contribution >= 0.6 is 15.6 Å². The van der Waals surface area contributed by atoms with Gasteiger partial charge in [-0.25, -0.2) is 0 Å². The van der Waals surface area contributed by atoms with E-state index in [4.69, 9.17) is 14.2 Å². The third kappa shape index (κ3) is 8.08. The van der Waals surface area contributed by atoms with Crippen LogP contribution in [0.15, 0.2) is 0 Å². The van der Waals surface area contributed by atoms with Gasteiger partial charge in [0.25, 0.3) is 15.6 Å². The fourth-order valence-corrected chi connectivity index (χ4v) is 6.30. The highest BCUT2D eigenvalue weighted by Crippen LogP contribution is 2.49. The molecule has 24 heteroatoms. The van der Waals surface area contributed by atoms with Gasteiger partial charge in [0.15, 0.2) is 18.9 Å². The van der Waals surface area contributed by atoms with E-state index in [0.29, 0.717) is 0 Å². The molecule has 0 aromatic rings. The molecule has 0 radical (unpaired) electrons. The molecule has 0 bridgehead atoms. The van der Waals surface area contributed by atoms with Crippen LogP contribution in [-0.2, 0) is 41.4 Å². The van der Waals surface area contributed by atoms with Crippen molar-refractivity contribution in [3.63, 3.8) is 0 Å². The van der Waals surface area contributed by atoms with E-state index in [1.54, 1.807) is 0 Å². The van der Waals surface area contributed by atoms with Crippen molar-refractivity contribution in [2.45, 2.75) is 92.1 Å². The summed E-state index contributed by atoms with van der Waals surface area (Å²) in [4.78, 5) is 25.0. The number of phosphoric acid groups is 2. The van der Waals surface area contributed by atoms with Crippen molar-refractivity contribution >= 4 is 15.6 Å².